The van der Waals surface area contributed by atoms with E-state index in [2.05, 4.69) is 34.4 Å². The highest BCUT2D eigenvalue weighted by atomic mass is 32.2. The predicted molar refractivity (Wildman–Crippen MR) is 173 cm³/mol. The zero-order chi connectivity index (χ0) is 38.4. The van der Waals surface area contributed by atoms with Gasteiger partial charge in [-0.1, -0.05) is 25.6 Å². The van der Waals surface area contributed by atoms with Gasteiger partial charge < -0.3 is 50.9 Å². The molecule has 10 N–H and O–H groups in total. The molecule has 288 valence electrons. The van der Waals surface area contributed by atoms with Crippen molar-refractivity contribution in [2.24, 2.45) is 5.41 Å². The molecule has 0 aromatic carbocycles. The first-order valence-corrected chi connectivity index (χ1v) is 20.0. The van der Waals surface area contributed by atoms with Gasteiger partial charge in [0.1, 0.15) is 36.3 Å². The van der Waals surface area contributed by atoms with Gasteiger partial charge in [-0.15, -0.1) is 0 Å². The van der Waals surface area contributed by atoms with Crippen molar-refractivity contribution in [3.8, 4) is 0 Å². The minimum Gasteiger partial charge on any atom is -0.386 e. The summed E-state index contributed by atoms with van der Waals surface area (Å²) < 4.78 is 61.8. The quantitative estimate of drug-likeness (QED) is 0.0587. The van der Waals surface area contributed by atoms with Crippen LogP contribution in [0.5, 0.6) is 0 Å². The maximum absolute atomic E-state index is 12.6. The van der Waals surface area contributed by atoms with Gasteiger partial charge in [-0.2, -0.15) is 4.31 Å². The number of aromatic nitrogens is 4. The molecule has 2 aromatic heterocycles. The lowest BCUT2D eigenvalue weighted by Gasteiger charge is -2.30. The number of imidazole rings is 1. The average Bonchev–Trinajstić information content (AvgIpc) is 3.57. The first kappa shape index (κ1) is 43.0. The molecule has 1 saturated heterocycles. The van der Waals surface area contributed by atoms with Crippen LogP contribution in [0.3, 0.4) is 0 Å². The second-order valence-electron chi connectivity index (χ2n) is 11.4. The summed E-state index contributed by atoms with van der Waals surface area (Å²) in [5.41, 5.74) is 4.26. The van der Waals surface area contributed by atoms with Gasteiger partial charge in [-0.25, -0.2) is 28.6 Å². The van der Waals surface area contributed by atoms with Crippen molar-refractivity contribution in [3.05, 3.63) is 12.7 Å². The van der Waals surface area contributed by atoms with E-state index >= 15 is 0 Å². The molecule has 2 aromatic rings. The van der Waals surface area contributed by atoms with Crippen LogP contribution in [0.2, 0.25) is 0 Å². The monoisotopic (exact) mass is 809 g/mol. The zero-order valence-electron chi connectivity index (χ0n) is 27.1. The SMILES string of the molecule is CC(=O)SCCNC(=O)CCNC(=O)[C@H](O)C(C)(C)COP(=O)(O)OP(=O)(O)OC[C@@H]1O[C@H](n2cnc3c(N)ncnc32)[C@@H](O)[C@H]1OP(=O)(O)O. The van der Waals surface area contributed by atoms with E-state index in [0.29, 0.717) is 5.75 Å². The Balaban J connectivity index is 1.55. The number of thioether (sulfide) groups is 1. The largest absolute Gasteiger partial charge is 0.481 e. The Kier molecular flexibility index (Phi) is 14.8. The molecular formula is C23H38N7O17P3S. The second kappa shape index (κ2) is 17.6. The minimum atomic E-state index is -5.56. The Morgan fingerprint density at radius 1 is 1.08 bits per heavy atom. The number of anilines is 1. The molecule has 0 bridgehead atoms. The van der Waals surface area contributed by atoms with Crippen molar-refractivity contribution >= 4 is 69.1 Å². The minimum absolute atomic E-state index is 0.0310. The highest BCUT2D eigenvalue weighted by molar-refractivity contribution is 8.13. The summed E-state index contributed by atoms with van der Waals surface area (Å²) in [5.74, 6) is -1.08. The smallest absolute Gasteiger partial charge is 0.386 e. The molecule has 0 saturated carbocycles. The number of carbonyl (C=O) groups is 3. The molecule has 3 heterocycles. The van der Waals surface area contributed by atoms with Crippen molar-refractivity contribution in [1.29, 1.82) is 0 Å². The number of hydrogen-bond acceptors (Lipinski definition) is 18. The lowest BCUT2D eigenvalue weighted by Crippen LogP contribution is -2.46. The fourth-order valence-electron chi connectivity index (χ4n) is 4.32. The number of phosphoric ester groups is 3. The van der Waals surface area contributed by atoms with Crippen molar-refractivity contribution < 1.29 is 80.5 Å². The highest BCUT2D eigenvalue weighted by Crippen LogP contribution is 2.61. The summed E-state index contributed by atoms with van der Waals surface area (Å²) in [7, 11) is -16.4. The number of ether oxygens (including phenoxy) is 1. The van der Waals surface area contributed by atoms with Gasteiger partial charge in [0.15, 0.2) is 22.8 Å². The number of amides is 2. The molecule has 24 nitrogen and oxygen atoms in total. The molecular weight excluding hydrogens is 771 g/mol. The number of rotatable bonds is 19. The van der Waals surface area contributed by atoms with Gasteiger partial charge in [0.05, 0.1) is 19.5 Å². The maximum atomic E-state index is 12.6. The fourth-order valence-corrected chi connectivity index (χ4v) is 7.65. The first-order chi connectivity index (χ1) is 23.5. The third kappa shape index (κ3) is 12.9. The van der Waals surface area contributed by atoms with E-state index in [1.165, 1.54) is 20.8 Å². The Labute approximate surface area is 293 Å². The molecule has 51 heavy (non-hydrogen) atoms. The molecule has 0 aliphatic carbocycles. The molecule has 0 radical (unpaired) electrons. The number of phosphoric acid groups is 3. The molecule has 3 rings (SSSR count). The molecule has 7 atom stereocenters. The number of aliphatic hydroxyl groups is 2. The Bertz CT molecular complexity index is 1710. The topological polar surface area (TPSA) is 364 Å². The van der Waals surface area contributed by atoms with E-state index in [4.69, 9.17) is 19.5 Å². The zero-order valence-corrected chi connectivity index (χ0v) is 30.6. The number of nitrogens with one attached hydrogen (secondary N) is 2. The van der Waals surface area contributed by atoms with Crippen LogP contribution < -0.4 is 16.4 Å². The first-order valence-electron chi connectivity index (χ1n) is 14.5. The molecule has 1 aliphatic rings. The van der Waals surface area contributed by atoms with Crippen LogP contribution in [0.4, 0.5) is 5.82 Å². The maximum Gasteiger partial charge on any atom is 0.481 e. The van der Waals surface area contributed by atoms with E-state index in [0.717, 1.165) is 29.0 Å². The van der Waals surface area contributed by atoms with Crippen molar-refractivity contribution in [1.82, 2.24) is 30.2 Å². The van der Waals surface area contributed by atoms with E-state index in [1.807, 2.05) is 0 Å². The van der Waals surface area contributed by atoms with Gasteiger partial charge in [0, 0.05) is 37.6 Å². The van der Waals surface area contributed by atoms with Gasteiger partial charge >= 0.3 is 23.5 Å². The summed E-state index contributed by atoms with van der Waals surface area (Å²) in [6.45, 7) is 1.90. The van der Waals surface area contributed by atoms with Crippen LogP contribution in [0.15, 0.2) is 12.7 Å². The predicted octanol–water partition coefficient (Wildman–Crippen LogP) is -1.32. The van der Waals surface area contributed by atoms with Crippen LogP contribution in [0.1, 0.15) is 33.4 Å². The summed E-state index contributed by atoms with van der Waals surface area (Å²) in [6, 6.07) is 0. The Morgan fingerprint density at radius 3 is 2.39 bits per heavy atom. The summed E-state index contributed by atoms with van der Waals surface area (Å²) in [5, 5.41) is 26.1. The second-order valence-corrected chi connectivity index (χ2v) is 16.9. The standard InChI is InChI=1S/C23H38N7O17P3S/c1-12(31)51-7-6-25-14(32)4-5-26-21(35)18(34)23(2,3)9-44-50(41,42)47-49(39,40)43-8-13-17(46-48(36,37)38)16(33)22(45-13)30-11-29-15-19(24)27-10-28-20(15)30/h10-11,13,16-18,22,33-34H,4-9H2,1-3H3,(H,25,32)(H,26,35)(H,39,40)(H,41,42)(H2,24,27,28)(H2,36,37,38)/t13-,16-,17-,18-,22-/m0/s1. The normalized spacial score (nSPS) is 22.6. The number of aliphatic hydroxyl groups excluding tert-OH is 2. The summed E-state index contributed by atoms with van der Waals surface area (Å²) >= 11 is 1.03. The third-order valence-corrected chi connectivity index (χ3v) is 10.7. The summed E-state index contributed by atoms with van der Waals surface area (Å²) in [4.78, 5) is 85.9. The van der Waals surface area contributed by atoms with Crippen LogP contribution in [0.25, 0.3) is 11.2 Å². The number of hydrogen-bond donors (Lipinski definition) is 9. The number of nitrogens with two attached hydrogens (primary N) is 1. The summed E-state index contributed by atoms with van der Waals surface area (Å²) in [6.07, 6.45) is -6.88. The van der Waals surface area contributed by atoms with Gasteiger partial charge in [-0.05, 0) is 0 Å². The van der Waals surface area contributed by atoms with Crippen LogP contribution in [-0.4, -0.2) is 123 Å². The number of fused-ring (bicyclic) bond motifs is 1. The lowest BCUT2D eigenvalue weighted by molar-refractivity contribution is -0.137. The molecule has 0 spiro atoms. The van der Waals surface area contributed by atoms with Crippen molar-refractivity contribution in [2.75, 3.05) is 37.8 Å². The average molecular weight is 810 g/mol. The molecule has 1 fully saturated rings. The van der Waals surface area contributed by atoms with Crippen LogP contribution >= 0.6 is 35.2 Å². The number of nitrogens with zero attached hydrogens (tertiary/aromatic N) is 4. The molecule has 1 aliphatic heterocycles. The Hall–Kier alpha value is -2.44. The molecule has 2 amide bonds. The van der Waals surface area contributed by atoms with E-state index in [9.17, 15) is 57.9 Å². The van der Waals surface area contributed by atoms with E-state index in [1.54, 1.807) is 0 Å². The van der Waals surface area contributed by atoms with Gasteiger partial charge in [0.2, 0.25) is 11.8 Å². The number of carbonyl (C=O) groups excluding carboxylic acids is 3. The van der Waals surface area contributed by atoms with Crippen LogP contribution in [-0.2, 0) is 50.7 Å². The fraction of sp³-hybridized carbons (Fsp3) is 0.652. The van der Waals surface area contributed by atoms with E-state index in [-0.39, 0.29) is 41.6 Å². The lowest BCUT2D eigenvalue weighted by atomic mass is 9.87. The number of nitrogen functional groups attached to an aromatic ring is 1. The van der Waals surface area contributed by atoms with Crippen molar-refractivity contribution in [2.45, 2.75) is 57.8 Å². The van der Waals surface area contributed by atoms with Gasteiger partial charge in [0.25, 0.3) is 0 Å². The van der Waals surface area contributed by atoms with Crippen LogP contribution in [0, 0.1) is 5.41 Å². The molecule has 28 heteroatoms. The van der Waals surface area contributed by atoms with Gasteiger partial charge in [-0.3, -0.25) is 32.5 Å². The van der Waals surface area contributed by atoms with E-state index < -0.39 is 84.6 Å². The molecule has 2 unspecified atom stereocenters. The Morgan fingerprint density at radius 2 is 1.75 bits per heavy atom. The third-order valence-electron chi connectivity index (χ3n) is 6.81. The highest BCUT2D eigenvalue weighted by Gasteiger charge is 2.50. The van der Waals surface area contributed by atoms with Crippen molar-refractivity contribution in [3.63, 3.8) is 0 Å².